The molecule has 12 nitrogen and oxygen atoms in total. The fraction of sp³-hybridized carbons (Fsp3) is 0.290. The Hall–Kier alpha value is -5.19. The van der Waals surface area contributed by atoms with Crippen molar-refractivity contribution in [3.05, 3.63) is 93.8 Å². The Morgan fingerprint density at radius 3 is 2.82 bits per heavy atom. The molecule has 1 atom stereocenters. The van der Waals surface area contributed by atoms with Crippen LogP contribution in [0.1, 0.15) is 35.5 Å². The number of hydrogen-bond acceptors (Lipinski definition) is 10. The Morgan fingerprint density at radius 2 is 2.09 bits per heavy atom. The van der Waals surface area contributed by atoms with Crippen LogP contribution in [0.4, 0.5) is 4.39 Å². The lowest BCUT2D eigenvalue weighted by atomic mass is 10.0. The fourth-order valence-electron chi connectivity index (χ4n) is 5.35. The maximum Gasteiger partial charge on any atom is 0.439 e. The van der Waals surface area contributed by atoms with Crippen molar-refractivity contribution < 1.29 is 18.4 Å². The molecule has 4 aromatic heterocycles. The molecule has 2 aliphatic rings. The first-order valence-corrected chi connectivity index (χ1v) is 14.3. The number of benzene rings is 1. The second-order valence-corrected chi connectivity index (χ2v) is 10.7. The van der Waals surface area contributed by atoms with Crippen LogP contribution in [0.2, 0.25) is 0 Å². The first kappa shape index (κ1) is 27.6. The highest BCUT2D eigenvalue weighted by Crippen LogP contribution is 2.27. The van der Waals surface area contributed by atoms with Crippen molar-refractivity contribution in [1.82, 2.24) is 34.6 Å². The number of pyridine rings is 2. The van der Waals surface area contributed by atoms with E-state index in [9.17, 15) is 9.18 Å². The minimum Gasteiger partial charge on any atom is -0.473 e. The number of ether oxygens (including phenoxy) is 2. The van der Waals surface area contributed by atoms with Gasteiger partial charge >= 0.3 is 5.76 Å². The molecule has 7 rings (SSSR count). The SMILES string of the molecule is N#Cc1ccc(COc2cccc(C3=CCN(Cc4nc5cc(-c6noc(=O)[nH]6)ncc5n4C[C@@H]4CCO4)CC3)n2)c(F)c1. The number of rotatable bonds is 9. The first-order valence-electron chi connectivity index (χ1n) is 14.3. The molecule has 1 fully saturated rings. The summed E-state index contributed by atoms with van der Waals surface area (Å²) in [5.74, 6) is 0.453. The summed E-state index contributed by atoms with van der Waals surface area (Å²) >= 11 is 0. The van der Waals surface area contributed by atoms with E-state index in [-0.39, 0.29) is 24.1 Å². The van der Waals surface area contributed by atoms with Gasteiger partial charge in [-0.3, -0.25) is 19.4 Å². The van der Waals surface area contributed by atoms with Gasteiger partial charge in [0.05, 0.1) is 53.8 Å². The Kier molecular flexibility index (Phi) is 7.43. The van der Waals surface area contributed by atoms with Gasteiger partial charge < -0.3 is 14.0 Å². The van der Waals surface area contributed by atoms with Crippen LogP contribution < -0.4 is 10.5 Å². The van der Waals surface area contributed by atoms with Gasteiger partial charge in [-0.2, -0.15) is 5.26 Å². The quantitative estimate of drug-likeness (QED) is 0.267. The standard InChI is InChI=1S/C31H27FN8O4/c32-23-12-19(14-33)4-5-21(23)18-43-29-3-1-2-24(36-29)20-6-9-39(10-7-20)17-28-35-25-13-26(30-37-31(41)44-38-30)34-15-27(25)40(28)16-22-8-11-42-22/h1-6,12-13,15,22H,7-11,16-18H2,(H,37,38,41)/t22-/m0/s1. The van der Waals surface area contributed by atoms with Crippen LogP contribution in [-0.4, -0.2) is 60.4 Å². The predicted molar refractivity (Wildman–Crippen MR) is 156 cm³/mol. The number of H-pyrrole nitrogens is 1. The highest BCUT2D eigenvalue weighted by molar-refractivity contribution is 5.78. The van der Waals surface area contributed by atoms with Gasteiger partial charge in [0, 0.05) is 31.3 Å². The molecule has 5 aromatic rings. The number of aromatic nitrogens is 6. The summed E-state index contributed by atoms with van der Waals surface area (Å²) in [6.45, 7) is 3.62. The smallest absolute Gasteiger partial charge is 0.439 e. The van der Waals surface area contributed by atoms with Crippen LogP contribution in [-0.2, 0) is 24.4 Å². The molecule has 0 amide bonds. The lowest BCUT2D eigenvalue weighted by molar-refractivity contribution is -0.0591. The maximum atomic E-state index is 14.3. The third kappa shape index (κ3) is 5.72. The largest absolute Gasteiger partial charge is 0.473 e. The number of nitriles is 1. The molecule has 13 heteroatoms. The number of halogens is 1. The van der Waals surface area contributed by atoms with Crippen LogP contribution in [0.5, 0.6) is 5.88 Å². The van der Waals surface area contributed by atoms with Crippen molar-refractivity contribution in [2.24, 2.45) is 0 Å². The molecule has 0 radical (unpaired) electrons. The molecular formula is C31H27FN8O4. The van der Waals surface area contributed by atoms with E-state index < -0.39 is 11.6 Å². The highest BCUT2D eigenvalue weighted by atomic mass is 19.1. The third-order valence-corrected chi connectivity index (χ3v) is 7.84. The monoisotopic (exact) mass is 594 g/mol. The number of fused-ring (bicyclic) bond motifs is 1. The summed E-state index contributed by atoms with van der Waals surface area (Å²) in [6, 6.07) is 13.6. The average molecular weight is 595 g/mol. The van der Waals surface area contributed by atoms with Gasteiger partial charge in [0.25, 0.3) is 0 Å². The second kappa shape index (κ2) is 11.8. The van der Waals surface area contributed by atoms with E-state index in [4.69, 9.17) is 19.7 Å². The third-order valence-electron chi connectivity index (χ3n) is 7.84. The molecule has 0 spiro atoms. The molecule has 1 aromatic carbocycles. The minimum atomic E-state index is -0.638. The zero-order valence-electron chi connectivity index (χ0n) is 23.6. The Balaban J connectivity index is 1.05. The minimum absolute atomic E-state index is 0.0151. The topological polar surface area (TPSA) is 148 Å². The van der Waals surface area contributed by atoms with E-state index in [0.717, 1.165) is 54.1 Å². The van der Waals surface area contributed by atoms with Gasteiger partial charge in [0.15, 0.2) is 0 Å². The van der Waals surface area contributed by atoms with E-state index >= 15 is 0 Å². The van der Waals surface area contributed by atoms with Crippen molar-refractivity contribution in [2.75, 3.05) is 19.7 Å². The number of nitrogens with one attached hydrogen (secondary N) is 1. The molecule has 0 bridgehead atoms. The maximum absolute atomic E-state index is 14.3. The molecule has 0 aliphatic carbocycles. The second-order valence-electron chi connectivity index (χ2n) is 10.7. The molecule has 0 unspecified atom stereocenters. The van der Waals surface area contributed by atoms with Gasteiger partial charge in [0.2, 0.25) is 11.7 Å². The van der Waals surface area contributed by atoms with Crippen LogP contribution in [0.15, 0.2) is 64.1 Å². The number of hydrogen-bond donors (Lipinski definition) is 1. The summed E-state index contributed by atoms with van der Waals surface area (Å²) in [7, 11) is 0. The summed E-state index contributed by atoms with van der Waals surface area (Å²) < 4.78 is 32.6. The van der Waals surface area contributed by atoms with Crippen molar-refractivity contribution in [3.8, 4) is 23.5 Å². The van der Waals surface area contributed by atoms with Crippen molar-refractivity contribution in [3.63, 3.8) is 0 Å². The van der Waals surface area contributed by atoms with Gasteiger partial charge in [-0.05, 0) is 42.7 Å². The summed E-state index contributed by atoms with van der Waals surface area (Å²) in [5.41, 5.74) is 4.68. The van der Waals surface area contributed by atoms with Crippen molar-refractivity contribution >= 4 is 16.6 Å². The molecule has 6 heterocycles. The summed E-state index contributed by atoms with van der Waals surface area (Å²) in [4.78, 5) is 30.4. The van der Waals surface area contributed by atoms with Crippen LogP contribution in [0.3, 0.4) is 0 Å². The zero-order valence-corrected chi connectivity index (χ0v) is 23.6. The van der Waals surface area contributed by atoms with Crippen LogP contribution in [0.25, 0.3) is 28.1 Å². The van der Waals surface area contributed by atoms with E-state index in [1.807, 2.05) is 18.2 Å². The lowest BCUT2D eigenvalue weighted by Crippen LogP contribution is -2.33. The van der Waals surface area contributed by atoms with Gasteiger partial charge in [-0.15, -0.1) is 0 Å². The van der Waals surface area contributed by atoms with E-state index in [2.05, 4.69) is 40.2 Å². The number of aromatic amines is 1. The highest BCUT2D eigenvalue weighted by Gasteiger charge is 2.24. The molecule has 1 saturated heterocycles. The van der Waals surface area contributed by atoms with Gasteiger partial charge in [-0.25, -0.2) is 19.2 Å². The Bertz CT molecular complexity index is 1970. The fourth-order valence-corrected chi connectivity index (χ4v) is 5.35. The summed E-state index contributed by atoms with van der Waals surface area (Å²) in [6.07, 6.45) is 5.84. The summed E-state index contributed by atoms with van der Waals surface area (Å²) in [5, 5.41) is 12.7. The van der Waals surface area contributed by atoms with Gasteiger partial charge in [-0.1, -0.05) is 23.4 Å². The van der Waals surface area contributed by atoms with Crippen LogP contribution in [0, 0.1) is 17.1 Å². The molecule has 0 saturated carbocycles. The molecule has 44 heavy (non-hydrogen) atoms. The van der Waals surface area contributed by atoms with Gasteiger partial charge in [0.1, 0.15) is 23.9 Å². The lowest BCUT2D eigenvalue weighted by Gasteiger charge is -2.29. The number of imidazole rings is 1. The molecule has 1 N–H and O–H groups in total. The van der Waals surface area contributed by atoms with Crippen molar-refractivity contribution in [1.29, 1.82) is 5.26 Å². The zero-order chi connectivity index (χ0) is 30.0. The number of nitrogens with zero attached hydrogens (tertiary/aromatic N) is 7. The van der Waals surface area contributed by atoms with E-state index in [1.54, 1.807) is 30.5 Å². The molecular weight excluding hydrogens is 567 g/mol. The molecule has 222 valence electrons. The van der Waals surface area contributed by atoms with E-state index in [0.29, 0.717) is 36.8 Å². The van der Waals surface area contributed by atoms with E-state index in [1.165, 1.54) is 6.07 Å². The Labute approximate surface area is 250 Å². The molecule has 2 aliphatic heterocycles. The van der Waals surface area contributed by atoms with Crippen molar-refractivity contribution in [2.45, 2.75) is 38.6 Å². The first-order chi connectivity index (χ1) is 21.5. The predicted octanol–water partition coefficient (Wildman–Crippen LogP) is 3.84. The van der Waals surface area contributed by atoms with Crippen LogP contribution >= 0.6 is 0 Å². The Morgan fingerprint density at radius 1 is 1.18 bits per heavy atom. The average Bonchev–Trinajstić information content (AvgIpc) is 3.61. The normalized spacial score (nSPS) is 16.8.